The summed E-state index contributed by atoms with van der Waals surface area (Å²) in [5, 5.41) is 0.401. The maximum Gasteiger partial charge on any atom is 0.319 e. The number of nitrogens with zero attached hydrogens (tertiary/aromatic N) is 2. The van der Waals surface area contributed by atoms with E-state index < -0.39 is 10.0 Å². The van der Waals surface area contributed by atoms with E-state index in [9.17, 15) is 13.2 Å². The first kappa shape index (κ1) is 14.8. The summed E-state index contributed by atoms with van der Waals surface area (Å²) in [7, 11) is -3.42. The predicted octanol–water partition coefficient (Wildman–Crippen LogP) is 1.27. The monoisotopic (exact) mass is 328 g/mol. The zero-order valence-corrected chi connectivity index (χ0v) is 13.0. The molecule has 0 spiro atoms. The highest BCUT2D eigenvalue weighted by Gasteiger charge is 2.29. The molecule has 0 aliphatic carbocycles. The van der Waals surface area contributed by atoms with Crippen molar-refractivity contribution in [1.29, 1.82) is 0 Å². The highest BCUT2D eigenvalue weighted by Crippen LogP contribution is 2.29. The van der Waals surface area contributed by atoms with E-state index >= 15 is 0 Å². The Hall–Kier alpha value is -1.12. The minimum absolute atomic E-state index is 0.211. The van der Waals surface area contributed by atoms with Crippen molar-refractivity contribution >= 4 is 27.8 Å². The number of hydrogen-bond donors (Lipinski definition) is 0. The van der Waals surface area contributed by atoms with Crippen molar-refractivity contribution in [2.75, 3.05) is 19.7 Å². The first-order valence-electron chi connectivity index (χ1n) is 6.87. The Bertz CT molecular complexity index is 624. The maximum absolute atomic E-state index is 12.3. The van der Waals surface area contributed by atoms with Gasteiger partial charge in [-0.15, -0.1) is 0 Å². The highest BCUT2D eigenvalue weighted by molar-refractivity contribution is 8.00. The fraction of sp³-hybridized carbons (Fsp3) is 0.538. The number of pyridine rings is 1. The van der Waals surface area contributed by atoms with Gasteiger partial charge in [0.25, 0.3) is 0 Å². The van der Waals surface area contributed by atoms with E-state index in [1.54, 1.807) is 12.1 Å². The Morgan fingerprint density at radius 1 is 1.29 bits per heavy atom. The van der Waals surface area contributed by atoms with Crippen LogP contribution in [0.3, 0.4) is 0 Å². The van der Waals surface area contributed by atoms with Crippen molar-refractivity contribution in [2.24, 2.45) is 0 Å². The maximum atomic E-state index is 12.3. The number of cyclic esters (lactones) is 1. The second kappa shape index (κ2) is 5.94. The first-order chi connectivity index (χ1) is 10.1. The molecule has 2 fully saturated rings. The van der Waals surface area contributed by atoms with Crippen LogP contribution in [0.15, 0.2) is 28.3 Å². The van der Waals surface area contributed by atoms with Crippen molar-refractivity contribution in [2.45, 2.75) is 34.4 Å². The van der Waals surface area contributed by atoms with E-state index in [0.29, 0.717) is 31.1 Å². The molecule has 3 rings (SSSR count). The summed E-state index contributed by atoms with van der Waals surface area (Å²) in [5.41, 5.74) is 0. The number of carbonyl (C=O) groups excluding carboxylic acids is 1. The van der Waals surface area contributed by atoms with Gasteiger partial charge < -0.3 is 4.74 Å². The van der Waals surface area contributed by atoms with Crippen LogP contribution in [0.5, 0.6) is 0 Å². The fourth-order valence-electron chi connectivity index (χ4n) is 2.40. The summed E-state index contributed by atoms with van der Waals surface area (Å²) in [6, 6.07) is 3.21. The summed E-state index contributed by atoms with van der Waals surface area (Å²) < 4.78 is 31.1. The van der Waals surface area contributed by atoms with Crippen molar-refractivity contribution in [3.63, 3.8) is 0 Å². The summed E-state index contributed by atoms with van der Waals surface area (Å²) in [6.07, 6.45) is 3.85. The van der Waals surface area contributed by atoms with E-state index in [2.05, 4.69) is 4.98 Å². The molecular formula is C13H16N2O4S2. The summed E-state index contributed by atoms with van der Waals surface area (Å²) >= 11 is 1.32. The van der Waals surface area contributed by atoms with E-state index in [4.69, 9.17) is 4.74 Å². The Morgan fingerprint density at radius 2 is 2.05 bits per heavy atom. The van der Waals surface area contributed by atoms with E-state index in [1.165, 1.54) is 22.3 Å². The number of hydrogen-bond acceptors (Lipinski definition) is 6. The van der Waals surface area contributed by atoms with Crippen LogP contribution in [0.4, 0.5) is 0 Å². The van der Waals surface area contributed by atoms with Crippen LogP contribution < -0.4 is 0 Å². The van der Waals surface area contributed by atoms with Crippen LogP contribution in [-0.4, -0.2) is 48.6 Å². The van der Waals surface area contributed by atoms with Crippen molar-refractivity contribution in [3.8, 4) is 0 Å². The summed E-state index contributed by atoms with van der Waals surface area (Å²) in [4.78, 5) is 15.8. The van der Waals surface area contributed by atoms with Gasteiger partial charge in [-0.25, -0.2) is 13.4 Å². The van der Waals surface area contributed by atoms with Crippen LogP contribution in [0.2, 0.25) is 0 Å². The van der Waals surface area contributed by atoms with Gasteiger partial charge in [-0.2, -0.15) is 4.31 Å². The molecule has 1 atom stereocenters. The minimum Gasteiger partial charge on any atom is -0.465 e. The molecule has 0 saturated carbocycles. The van der Waals surface area contributed by atoms with Gasteiger partial charge in [0.05, 0.1) is 11.6 Å². The topological polar surface area (TPSA) is 76.6 Å². The zero-order valence-electron chi connectivity index (χ0n) is 11.4. The number of aromatic nitrogens is 1. The molecule has 0 aromatic carbocycles. The van der Waals surface area contributed by atoms with Gasteiger partial charge in [-0.1, -0.05) is 11.8 Å². The molecular weight excluding hydrogens is 312 g/mol. The molecule has 2 saturated heterocycles. The largest absolute Gasteiger partial charge is 0.465 e. The van der Waals surface area contributed by atoms with Gasteiger partial charge in [0, 0.05) is 25.7 Å². The van der Waals surface area contributed by atoms with E-state index in [-0.39, 0.29) is 16.1 Å². The smallest absolute Gasteiger partial charge is 0.319 e. The lowest BCUT2D eigenvalue weighted by Crippen LogP contribution is -2.27. The third-order valence-electron chi connectivity index (χ3n) is 3.56. The van der Waals surface area contributed by atoms with Gasteiger partial charge in [-0.05, 0) is 25.0 Å². The number of ether oxygens (including phenoxy) is 1. The molecule has 3 heterocycles. The molecule has 1 aromatic rings. The van der Waals surface area contributed by atoms with E-state index in [0.717, 1.165) is 12.8 Å². The lowest BCUT2D eigenvalue weighted by atomic mass is 10.4. The van der Waals surface area contributed by atoms with Gasteiger partial charge in [0.15, 0.2) is 0 Å². The predicted molar refractivity (Wildman–Crippen MR) is 77.5 cm³/mol. The summed E-state index contributed by atoms with van der Waals surface area (Å²) in [5.74, 6) is -0.226. The van der Waals surface area contributed by atoms with E-state index in [1.807, 2.05) is 0 Å². The third-order valence-corrected chi connectivity index (χ3v) is 6.64. The molecule has 0 unspecified atom stereocenters. The Labute approximate surface area is 127 Å². The molecule has 0 amide bonds. The normalized spacial score (nSPS) is 23.4. The van der Waals surface area contributed by atoms with Gasteiger partial charge in [0.1, 0.15) is 10.1 Å². The van der Waals surface area contributed by atoms with Gasteiger partial charge in [0.2, 0.25) is 10.0 Å². The van der Waals surface area contributed by atoms with Crippen molar-refractivity contribution < 1.29 is 17.9 Å². The zero-order chi connectivity index (χ0) is 14.9. The quantitative estimate of drug-likeness (QED) is 0.775. The van der Waals surface area contributed by atoms with Crippen molar-refractivity contribution in [1.82, 2.24) is 9.29 Å². The average Bonchev–Trinajstić information content (AvgIpc) is 3.12. The number of carbonyl (C=O) groups is 1. The molecule has 0 radical (unpaired) electrons. The first-order valence-corrected chi connectivity index (χ1v) is 9.19. The van der Waals surface area contributed by atoms with Crippen LogP contribution >= 0.6 is 11.8 Å². The second-order valence-electron chi connectivity index (χ2n) is 5.01. The Balaban J connectivity index is 1.73. The molecule has 114 valence electrons. The Morgan fingerprint density at radius 3 is 2.62 bits per heavy atom. The SMILES string of the molecule is O=C1OCC[C@H]1Sc1ccc(S(=O)(=O)N2CCCC2)cn1. The molecule has 1 aromatic heterocycles. The average molecular weight is 328 g/mol. The van der Waals surface area contributed by atoms with Gasteiger partial charge >= 0.3 is 5.97 Å². The molecule has 2 aliphatic rings. The molecule has 8 heteroatoms. The second-order valence-corrected chi connectivity index (χ2v) is 8.17. The number of esters is 1. The number of thioether (sulfide) groups is 1. The molecule has 6 nitrogen and oxygen atoms in total. The molecule has 21 heavy (non-hydrogen) atoms. The number of rotatable bonds is 4. The molecule has 2 aliphatic heterocycles. The highest BCUT2D eigenvalue weighted by atomic mass is 32.2. The van der Waals surface area contributed by atoms with Crippen LogP contribution in [0.25, 0.3) is 0 Å². The summed E-state index contributed by atoms with van der Waals surface area (Å²) in [6.45, 7) is 1.59. The lowest BCUT2D eigenvalue weighted by Gasteiger charge is -2.15. The standard InChI is InChI=1S/C13H16N2O4S2/c16-13-11(5-8-19-13)20-12-4-3-10(9-14-12)21(17,18)15-6-1-2-7-15/h3-4,9,11H,1-2,5-8H2/t11-/m1/s1. The van der Waals surface area contributed by atoms with Gasteiger partial charge in [-0.3, -0.25) is 4.79 Å². The van der Waals surface area contributed by atoms with Crippen molar-refractivity contribution in [3.05, 3.63) is 18.3 Å². The Kier molecular flexibility index (Phi) is 4.19. The van der Waals surface area contributed by atoms with Crippen LogP contribution in [0.1, 0.15) is 19.3 Å². The van der Waals surface area contributed by atoms with Crippen LogP contribution in [-0.2, 0) is 19.6 Å². The molecule has 0 bridgehead atoms. The fourth-order valence-corrected chi connectivity index (χ4v) is 4.79. The minimum atomic E-state index is -3.42. The molecule has 0 N–H and O–H groups in total. The lowest BCUT2D eigenvalue weighted by molar-refractivity contribution is -0.137. The third kappa shape index (κ3) is 3.07. The van der Waals surface area contributed by atoms with Crippen LogP contribution in [0, 0.1) is 0 Å². The number of sulfonamides is 1.